The number of benzene rings is 1. The van der Waals surface area contributed by atoms with Gasteiger partial charge in [-0.2, -0.15) is 0 Å². The first-order valence-electron chi connectivity index (χ1n) is 6.23. The third-order valence-corrected chi connectivity index (χ3v) is 4.53. The van der Waals surface area contributed by atoms with E-state index in [4.69, 9.17) is 16.3 Å². The van der Waals surface area contributed by atoms with E-state index in [1.807, 2.05) is 18.2 Å². The molecular formula is C14H16ClNO2. The largest absolute Gasteiger partial charge is 0.469 e. The molecule has 3 nitrogen and oxygen atoms in total. The zero-order chi connectivity index (χ0) is 12.9. The van der Waals surface area contributed by atoms with Gasteiger partial charge in [-0.1, -0.05) is 17.7 Å². The van der Waals surface area contributed by atoms with Crippen molar-refractivity contribution in [1.82, 2.24) is 0 Å². The van der Waals surface area contributed by atoms with Gasteiger partial charge in [0.1, 0.15) is 0 Å². The molecule has 0 bridgehead atoms. The second kappa shape index (κ2) is 4.16. The SMILES string of the molecule is COC(=O)C1[C@@H]2C(C)N(c3cccc(Cl)c3)C[C@H]12. The van der Waals surface area contributed by atoms with E-state index in [1.54, 1.807) is 0 Å². The maximum Gasteiger partial charge on any atom is 0.309 e. The maximum atomic E-state index is 11.6. The fourth-order valence-corrected chi connectivity index (χ4v) is 3.54. The summed E-state index contributed by atoms with van der Waals surface area (Å²) < 4.78 is 4.84. The quantitative estimate of drug-likeness (QED) is 0.770. The van der Waals surface area contributed by atoms with Crippen LogP contribution in [0.2, 0.25) is 5.02 Å². The molecule has 4 atom stereocenters. The fourth-order valence-electron chi connectivity index (χ4n) is 3.36. The van der Waals surface area contributed by atoms with Crippen molar-refractivity contribution in [2.75, 3.05) is 18.6 Å². The Morgan fingerprint density at radius 1 is 1.50 bits per heavy atom. The lowest BCUT2D eigenvalue weighted by Gasteiger charge is -2.28. The first-order chi connectivity index (χ1) is 8.63. The second-order valence-corrected chi connectivity index (χ2v) is 5.60. The molecule has 0 amide bonds. The number of carbonyl (C=O) groups is 1. The Morgan fingerprint density at radius 2 is 2.28 bits per heavy atom. The molecule has 1 saturated heterocycles. The van der Waals surface area contributed by atoms with Crippen LogP contribution in [-0.2, 0) is 9.53 Å². The lowest BCUT2D eigenvalue weighted by Crippen LogP contribution is -2.33. The number of methoxy groups -OCH3 is 1. The molecule has 0 radical (unpaired) electrons. The molecule has 1 heterocycles. The van der Waals surface area contributed by atoms with E-state index in [-0.39, 0.29) is 11.9 Å². The molecule has 1 aliphatic heterocycles. The van der Waals surface area contributed by atoms with Gasteiger partial charge in [-0.15, -0.1) is 0 Å². The molecular weight excluding hydrogens is 250 g/mol. The highest BCUT2D eigenvalue weighted by molar-refractivity contribution is 6.30. The molecule has 18 heavy (non-hydrogen) atoms. The maximum absolute atomic E-state index is 11.6. The highest BCUT2D eigenvalue weighted by Crippen LogP contribution is 2.56. The van der Waals surface area contributed by atoms with Crippen LogP contribution in [0.5, 0.6) is 0 Å². The zero-order valence-corrected chi connectivity index (χ0v) is 11.2. The Labute approximate surface area is 112 Å². The van der Waals surface area contributed by atoms with E-state index in [0.29, 0.717) is 17.9 Å². The van der Waals surface area contributed by atoms with Crippen molar-refractivity contribution in [3.63, 3.8) is 0 Å². The first-order valence-corrected chi connectivity index (χ1v) is 6.61. The Bertz CT molecular complexity index is 490. The molecule has 96 valence electrons. The summed E-state index contributed by atoms with van der Waals surface area (Å²) in [6.45, 7) is 3.10. The lowest BCUT2D eigenvalue weighted by atomic mass is 10.1. The number of carbonyl (C=O) groups excluding carboxylic acids is 1. The van der Waals surface area contributed by atoms with Gasteiger partial charge in [-0.05, 0) is 37.0 Å². The van der Waals surface area contributed by atoms with Crippen LogP contribution in [0.3, 0.4) is 0 Å². The molecule has 0 spiro atoms. The molecule has 3 rings (SSSR count). The Kier molecular flexibility index (Phi) is 2.74. The minimum Gasteiger partial charge on any atom is -0.469 e. The van der Waals surface area contributed by atoms with E-state index >= 15 is 0 Å². The number of fused-ring (bicyclic) bond motifs is 1. The van der Waals surface area contributed by atoms with Crippen LogP contribution in [0, 0.1) is 17.8 Å². The van der Waals surface area contributed by atoms with Gasteiger partial charge in [-0.3, -0.25) is 4.79 Å². The monoisotopic (exact) mass is 265 g/mol. The van der Waals surface area contributed by atoms with Crippen molar-refractivity contribution >= 4 is 23.3 Å². The fraction of sp³-hybridized carbons (Fsp3) is 0.500. The summed E-state index contributed by atoms with van der Waals surface area (Å²) >= 11 is 6.02. The number of hydrogen-bond acceptors (Lipinski definition) is 3. The van der Waals surface area contributed by atoms with Crippen LogP contribution >= 0.6 is 11.6 Å². The van der Waals surface area contributed by atoms with Crippen molar-refractivity contribution < 1.29 is 9.53 Å². The molecule has 4 heteroatoms. The van der Waals surface area contributed by atoms with E-state index in [1.165, 1.54) is 7.11 Å². The molecule has 1 saturated carbocycles. The smallest absolute Gasteiger partial charge is 0.309 e. The normalized spacial score (nSPS) is 33.2. The van der Waals surface area contributed by atoms with E-state index in [2.05, 4.69) is 17.9 Å². The van der Waals surface area contributed by atoms with Gasteiger partial charge in [0.2, 0.25) is 0 Å². The Balaban J connectivity index is 1.75. The van der Waals surface area contributed by atoms with Gasteiger partial charge in [0, 0.05) is 23.3 Å². The number of ether oxygens (including phenoxy) is 1. The van der Waals surface area contributed by atoms with Crippen LogP contribution in [0.1, 0.15) is 6.92 Å². The van der Waals surface area contributed by atoms with Gasteiger partial charge in [0.05, 0.1) is 13.0 Å². The van der Waals surface area contributed by atoms with Crippen LogP contribution in [-0.4, -0.2) is 25.7 Å². The summed E-state index contributed by atoms with van der Waals surface area (Å²) in [7, 11) is 1.47. The van der Waals surface area contributed by atoms with Crippen molar-refractivity contribution in [2.24, 2.45) is 17.8 Å². The van der Waals surface area contributed by atoms with Gasteiger partial charge >= 0.3 is 5.97 Å². The molecule has 1 aliphatic carbocycles. The zero-order valence-electron chi connectivity index (χ0n) is 10.5. The van der Waals surface area contributed by atoms with Crippen LogP contribution in [0.4, 0.5) is 5.69 Å². The molecule has 1 aromatic rings. The highest BCUT2D eigenvalue weighted by atomic mass is 35.5. The lowest BCUT2D eigenvalue weighted by molar-refractivity contribution is -0.143. The summed E-state index contributed by atoms with van der Waals surface area (Å²) in [5.74, 6) is 0.950. The van der Waals surface area contributed by atoms with E-state index in [9.17, 15) is 4.79 Å². The molecule has 1 aromatic carbocycles. The van der Waals surface area contributed by atoms with Crippen molar-refractivity contribution in [1.29, 1.82) is 0 Å². The van der Waals surface area contributed by atoms with Gasteiger partial charge in [0.25, 0.3) is 0 Å². The Hall–Kier alpha value is -1.22. The summed E-state index contributed by atoms with van der Waals surface area (Å²) in [6, 6.07) is 8.27. The molecule has 2 unspecified atom stereocenters. The summed E-state index contributed by atoms with van der Waals surface area (Å²) in [4.78, 5) is 13.9. The highest BCUT2D eigenvalue weighted by Gasteiger charge is 2.63. The summed E-state index contributed by atoms with van der Waals surface area (Å²) in [5.41, 5.74) is 1.14. The number of halogens is 1. The predicted molar refractivity (Wildman–Crippen MR) is 70.7 cm³/mol. The number of rotatable bonds is 2. The number of nitrogens with zero attached hydrogens (tertiary/aromatic N) is 1. The minimum absolute atomic E-state index is 0.0532. The molecule has 0 N–H and O–H groups in total. The summed E-state index contributed by atoms with van der Waals surface area (Å²) in [5, 5.41) is 0.754. The number of piperidine rings is 1. The van der Waals surface area contributed by atoms with Gasteiger partial charge in [-0.25, -0.2) is 0 Å². The first kappa shape index (κ1) is 11.8. The molecule has 2 fully saturated rings. The Morgan fingerprint density at radius 3 is 2.83 bits per heavy atom. The van der Waals surface area contributed by atoms with E-state index < -0.39 is 0 Å². The van der Waals surface area contributed by atoms with Crippen LogP contribution in [0.25, 0.3) is 0 Å². The topological polar surface area (TPSA) is 29.5 Å². The average Bonchev–Trinajstić information content (AvgIpc) is 2.99. The number of anilines is 1. The van der Waals surface area contributed by atoms with Gasteiger partial charge < -0.3 is 9.64 Å². The third kappa shape index (κ3) is 1.69. The second-order valence-electron chi connectivity index (χ2n) is 5.16. The summed E-state index contributed by atoms with van der Waals surface area (Å²) in [6.07, 6.45) is 0. The van der Waals surface area contributed by atoms with Crippen LogP contribution < -0.4 is 4.90 Å². The number of hydrogen-bond donors (Lipinski definition) is 0. The van der Waals surface area contributed by atoms with Crippen molar-refractivity contribution in [3.05, 3.63) is 29.3 Å². The third-order valence-electron chi connectivity index (χ3n) is 4.30. The minimum atomic E-state index is -0.0532. The standard InChI is InChI=1S/C14H16ClNO2/c1-8-12-11(13(12)14(17)18-2)7-16(8)10-5-3-4-9(15)6-10/h3-6,8,11-13H,7H2,1-2H3/t8?,11-,12+,13?/m0/s1. The van der Waals surface area contributed by atoms with Crippen molar-refractivity contribution in [2.45, 2.75) is 13.0 Å². The molecule has 2 aliphatic rings. The van der Waals surface area contributed by atoms with Gasteiger partial charge in [0.15, 0.2) is 0 Å². The average molecular weight is 266 g/mol. The number of esters is 1. The van der Waals surface area contributed by atoms with Crippen LogP contribution in [0.15, 0.2) is 24.3 Å². The van der Waals surface area contributed by atoms with Crippen molar-refractivity contribution in [3.8, 4) is 0 Å². The molecule has 0 aromatic heterocycles. The van der Waals surface area contributed by atoms with E-state index in [0.717, 1.165) is 17.3 Å². The predicted octanol–water partition coefficient (Wildman–Crippen LogP) is 2.58.